The van der Waals surface area contributed by atoms with Crippen LogP contribution in [0.25, 0.3) is 0 Å². The number of rotatable bonds is 6. The molecule has 0 aliphatic rings. The van der Waals surface area contributed by atoms with Gasteiger partial charge in [-0.3, -0.25) is 4.79 Å². The first-order chi connectivity index (χ1) is 6.90. The zero-order valence-corrected chi connectivity index (χ0v) is 9.41. The summed E-state index contributed by atoms with van der Waals surface area (Å²) < 4.78 is 24.3. The molecule has 0 bridgehead atoms. The van der Waals surface area contributed by atoms with Crippen LogP contribution in [0.15, 0.2) is 0 Å². The first-order valence-corrected chi connectivity index (χ1v) is 5.08. The SMILES string of the molecule is CC(C)C(C)C(=O)N(CCO)CC(F)F. The van der Waals surface area contributed by atoms with E-state index in [1.54, 1.807) is 6.92 Å². The highest BCUT2D eigenvalue weighted by molar-refractivity contribution is 5.78. The Labute approximate surface area is 89.1 Å². The van der Waals surface area contributed by atoms with Gasteiger partial charge in [-0.2, -0.15) is 0 Å². The number of carbonyl (C=O) groups excluding carboxylic acids is 1. The lowest BCUT2D eigenvalue weighted by Gasteiger charge is -2.26. The summed E-state index contributed by atoms with van der Waals surface area (Å²) in [5.41, 5.74) is 0. The van der Waals surface area contributed by atoms with Gasteiger partial charge >= 0.3 is 0 Å². The maximum Gasteiger partial charge on any atom is 0.255 e. The topological polar surface area (TPSA) is 40.5 Å². The van der Waals surface area contributed by atoms with Crippen LogP contribution in [0.1, 0.15) is 20.8 Å². The van der Waals surface area contributed by atoms with Crippen molar-refractivity contribution in [3.63, 3.8) is 0 Å². The zero-order valence-electron chi connectivity index (χ0n) is 9.41. The minimum Gasteiger partial charge on any atom is -0.395 e. The second kappa shape index (κ2) is 6.71. The molecule has 0 aromatic rings. The van der Waals surface area contributed by atoms with Crippen molar-refractivity contribution in [1.82, 2.24) is 4.90 Å². The summed E-state index contributed by atoms with van der Waals surface area (Å²) in [5.74, 6) is -0.508. The van der Waals surface area contributed by atoms with Crippen molar-refractivity contribution in [3.05, 3.63) is 0 Å². The molecule has 90 valence electrons. The summed E-state index contributed by atoms with van der Waals surface area (Å²) in [6.07, 6.45) is -2.56. The van der Waals surface area contributed by atoms with Crippen molar-refractivity contribution in [2.24, 2.45) is 11.8 Å². The van der Waals surface area contributed by atoms with Gasteiger partial charge in [0.05, 0.1) is 13.2 Å². The minimum atomic E-state index is -2.56. The molecule has 1 unspecified atom stereocenters. The van der Waals surface area contributed by atoms with Gasteiger partial charge in [-0.05, 0) is 5.92 Å². The monoisotopic (exact) mass is 223 g/mol. The molecular formula is C10H19F2NO2. The van der Waals surface area contributed by atoms with E-state index < -0.39 is 13.0 Å². The Kier molecular flexibility index (Phi) is 6.40. The van der Waals surface area contributed by atoms with E-state index in [0.29, 0.717) is 0 Å². The van der Waals surface area contributed by atoms with E-state index in [9.17, 15) is 13.6 Å². The first-order valence-electron chi connectivity index (χ1n) is 5.08. The van der Waals surface area contributed by atoms with Gasteiger partial charge in [0.15, 0.2) is 0 Å². The van der Waals surface area contributed by atoms with E-state index in [0.717, 1.165) is 4.90 Å². The van der Waals surface area contributed by atoms with Crippen molar-refractivity contribution >= 4 is 5.91 Å². The van der Waals surface area contributed by atoms with E-state index >= 15 is 0 Å². The predicted octanol–water partition coefficient (Wildman–Crippen LogP) is 1.36. The third-order valence-corrected chi connectivity index (χ3v) is 2.43. The van der Waals surface area contributed by atoms with E-state index in [2.05, 4.69) is 0 Å². The maximum atomic E-state index is 12.2. The van der Waals surface area contributed by atoms with E-state index in [1.165, 1.54) is 0 Å². The molecule has 0 saturated carbocycles. The van der Waals surface area contributed by atoms with Crippen LogP contribution in [-0.2, 0) is 4.79 Å². The molecule has 0 aliphatic carbocycles. The number of alkyl halides is 2. The van der Waals surface area contributed by atoms with Gasteiger partial charge in [0.2, 0.25) is 5.91 Å². The fraction of sp³-hybridized carbons (Fsp3) is 0.900. The number of hydrogen-bond donors (Lipinski definition) is 1. The highest BCUT2D eigenvalue weighted by Gasteiger charge is 2.24. The Hall–Kier alpha value is -0.710. The molecule has 0 fully saturated rings. The molecule has 0 saturated heterocycles. The summed E-state index contributed by atoms with van der Waals surface area (Å²) >= 11 is 0. The van der Waals surface area contributed by atoms with Gasteiger partial charge in [-0.1, -0.05) is 20.8 Å². The average molecular weight is 223 g/mol. The normalized spacial score (nSPS) is 13.3. The van der Waals surface area contributed by atoms with E-state index in [-0.39, 0.29) is 30.9 Å². The Balaban J connectivity index is 4.40. The standard InChI is InChI=1S/C10H19F2NO2/c1-7(2)8(3)10(15)13(4-5-14)6-9(11)12/h7-9,14H,4-6H2,1-3H3. The third-order valence-electron chi connectivity index (χ3n) is 2.43. The lowest BCUT2D eigenvalue weighted by atomic mass is 9.96. The molecule has 0 radical (unpaired) electrons. The smallest absolute Gasteiger partial charge is 0.255 e. The second-order valence-corrected chi connectivity index (χ2v) is 3.93. The highest BCUT2D eigenvalue weighted by Crippen LogP contribution is 2.14. The number of halogens is 2. The molecule has 0 rings (SSSR count). The lowest BCUT2D eigenvalue weighted by Crippen LogP contribution is -2.41. The third kappa shape index (κ3) is 5.06. The number of aliphatic hydroxyl groups is 1. The van der Waals surface area contributed by atoms with Gasteiger partial charge in [0, 0.05) is 12.5 Å². The fourth-order valence-corrected chi connectivity index (χ4v) is 1.15. The predicted molar refractivity (Wildman–Crippen MR) is 53.7 cm³/mol. The largest absolute Gasteiger partial charge is 0.395 e. The summed E-state index contributed by atoms with van der Waals surface area (Å²) in [6.45, 7) is 4.52. The van der Waals surface area contributed by atoms with Crippen LogP contribution in [0.5, 0.6) is 0 Å². The van der Waals surface area contributed by atoms with E-state index in [4.69, 9.17) is 5.11 Å². The van der Waals surface area contributed by atoms with Gasteiger partial charge in [-0.25, -0.2) is 8.78 Å². The number of aliphatic hydroxyl groups excluding tert-OH is 1. The fourth-order valence-electron chi connectivity index (χ4n) is 1.15. The molecule has 0 spiro atoms. The minimum absolute atomic E-state index is 0.0275. The quantitative estimate of drug-likeness (QED) is 0.738. The van der Waals surface area contributed by atoms with Gasteiger partial charge < -0.3 is 10.0 Å². The molecule has 0 aliphatic heterocycles. The van der Waals surface area contributed by atoms with Crippen molar-refractivity contribution in [1.29, 1.82) is 0 Å². The van der Waals surface area contributed by atoms with Crippen LogP contribution in [0.3, 0.4) is 0 Å². The zero-order chi connectivity index (χ0) is 12.0. The summed E-state index contributed by atoms with van der Waals surface area (Å²) in [7, 11) is 0. The van der Waals surface area contributed by atoms with Crippen LogP contribution in [0.4, 0.5) is 8.78 Å². The van der Waals surface area contributed by atoms with E-state index in [1.807, 2.05) is 13.8 Å². The Morgan fingerprint density at radius 3 is 2.20 bits per heavy atom. The van der Waals surface area contributed by atoms with Crippen molar-refractivity contribution in [2.45, 2.75) is 27.2 Å². The molecule has 0 aromatic carbocycles. The van der Waals surface area contributed by atoms with Gasteiger partial charge in [0.1, 0.15) is 0 Å². The molecule has 3 nitrogen and oxygen atoms in total. The molecule has 0 heterocycles. The Bertz CT molecular complexity index is 198. The first kappa shape index (κ1) is 14.3. The van der Waals surface area contributed by atoms with Crippen LogP contribution in [0, 0.1) is 11.8 Å². The van der Waals surface area contributed by atoms with Gasteiger partial charge in [0.25, 0.3) is 6.43 Å². The average Bonchev–Trinajstić information content (AvgIpc) is 2.14. The molecular weight excluding hydrogens is 204 g/mol. The number of hydrogen-bond acceptors (Lipinski definition) is 2. The van der Waals surface area contributed by atoms with Crippen molar-refractivity contribution in [3.8, 4) is 0 Å². The lowest BCUT2D eigenvalue weighted by molar-refractivity contribution is -0.138. The van der Waals surface area contributed by atoms with Gasteiger partial charge in [-0.15, -0.1) is 0 Å². The molecule has 1 amide bonds. The van der Waals surface area contributed by atoms with Crippen LogP contribution < -0.4 is 0 Å². The Morgan fingerprint density at radius 2 is 1.87 bits per heavy atom. The number of carbonyl (C=O) groups is 1. The molecule has 5 heteroatoms. The van der Waals surface area contributed by atoms with Crippen LogP contribution >= 0.6 is 0 Å². The second-order valence-electron chi connectivity index (χ2n) is 3.93. The maximum absolute atomic E-state index is 12.2. The summed E-state index contributed by atoms with van der Waals surface area (Å²) in [6, 6.07) is 0. The van der Waals surface area contributed by atoms with Crippen LogP contribution in [0.2, 0.25) is 0 Å². The number of nitrogens with zero attached hydrogens (tertiary/aromatic N) is 1. The molecule has 1 atom stereocenters. The summed E-state index contributed by atoms with van der Waals surface area (Å²) in [5, 5.41) is 8.68. The molecule has 0 aromatic heterocycles. The molecule has 15 heavy (non-hydrogen) atoms. The van der Waals surface area contributed by atoms with Crippen LogP contribution in [-0.4, -0.2) is 42.0 Å². The highest BCUT2D eigenvalue weighted by atomic mass is 19.3. The molecule has 1 N–H and O–H groups in total. The van der Waals surface area contributed by atoms with Crippen molar-refractivity contribution in [2.75, 3.05) is 19.7 Å². The van der Waals surface area contributed by atoms with Crippen molar-refractivity contribution < 1.29 is 18.7 Å². The number of amides is 1. The summed E-state index contributed by atoms with van der Waals surface area (Å²) in [4.78, 5) is 12.7. The Morgan fingerprint density at radius 1 is 1.33 bits per heavy atom.